The first-order valence-corrected chi connectivity index (χ1v) is 7.66. The molecule has 1 aromatic heterocycles. The summed E-state index contributed by atoms with van der Waals surface area (Å²) in [5.41, 5.74) is -0.246. The van der Waals surface area contributed by atoms with E-state index in [0.717, 1.165) is 6.07 Å². The van der Waals surface area contributed by atoms with Crippen LogP contribution in [-0.4, -0.2) is 47.3 Å². The molecule has 2 aromatic rings. The Morgan fingerprint density at radius 1 is 1.35 bits per heavy atom. The normalized spacial score (nSPS) is 11.8. The highest BCUT2D eigenvalue weighted by molar-refractivity contribution is 5.95. The number of methoxy groups -OCH3 is 1. The highest BCUT2D eigenvalue weighted by atomic mass is 19.4. The Hall–Kier alpha value is -2.49. The monoisotopic (exact) mass is 375 g/mol. The smallest absolute Gasteiger partial charge is 0.383 e. The van der Waals surface area contributed by atoms with E-state index in [-0.39, 0.29) is 30.3 Å². The van der Waals surface area contributed by atoms with E-state index in [2.05, 4.69) is 14.7 Å². The average Bonchev–Trinajstić information content (AvgIpc) is 3.04. The van der Waals surface area contributed by atoms with Crippen molar-refractivity contribution >= 4 is 5.91 Å². The molecule has 1 heterocycles. The van der Waals surface area contributed by atoms with Gasteiger partial charge in [-0.15, -0.1) is 0 Å². The molecule has 2 rings (SSSR count). The fourth-order valence-corrected chi connectivity index (χ4v) is 2.22. The summed E-state index contributed by atoms with van der Waals surface area (Å²) in [6.45, 7) is 4.11. The van der Waals surface area contributed by atoms with Gasteiger partial charge in [0, 0.05) is 25.3 Å². The van der Waals surface area contributed by atoms with Gasteiger partial charge < -0.3 is 14.2 Å². The summed E-state index contributed by atoms with van der Waals surface area (Å²) >= 11 is 0. The second-order valence-corrected chi connectivity index (χ2v) is 5.70. The van der Waals surface area contributed by atoms with Crippen LogP contribution in [0.2, 0.25) is 0 Å². The molecule has 1 aromatic carbocycles. The van der Waals surface area contributed by atoms with Gasteiger partial charge in [0.2, 0.25) is 5.82 Å². The highest BCUT2D eigenvalue weighted by Gasteiger charge is 2.38. The molecule has 0 aliphatic carbocycles. The molecular formula is C16H17F4N3O3. The maximum absolute atomic E-state index is 14.4. The lowest BCUT2D eigenvalue weighted by atomic mass is 10.1. The summed E-state index contributed by atoms with van der Waals surface area (Å²) in [5.74, 6) is -3.40. The molecule has 26 heavy (non-hydrogen) atoms. The lowest BCUT2D eigenvalue weighted by Gasteiger charge is -2.26. The molecule has 1 amide bonds. The topological polar surface area (TPSA) is 68.5 Å². The van der Waals surface area contributed by atoms with Gasteiger partial charge in [-0.2, -0.15) is 18.2 Å². The zero-order valence-electron chi connectivity index (χ0n) is 14.3. The van der Waals surface area contributed by atoms with Crippen molar-refractivity contribution in [1.82, 2.24) is 15.0 Å². The highest BCUT2D eigenvalue weighted by Crippen LogP contribution is 2.29. The predicted octanol–water partition coefficient (Wildman–Crippen LogP) is 3.39. The van der Waals surface area contributed by atoms with Crippen molar-refractivity contribution in [3.05, 3.63) is 35.5 Å². The van der Waals surface area contributed by atoms with Gasteiger partial charge in [-0.25, -0.2) is 4.39 Å². The number of rotatable bonds is 6. The summed E-state index contributed by atoms with van der Waals surface area (Å²) in [4.78, 5) is 17.1. The molecule has 0 N–H and O–H groups in total. The van der Waals surface area contributed by atoms with Crippen LogP contribution in [0.3, 0.4) is 0 Å². The van der Waals surface area contributed by atoms with Crippen molar-refractivity contribution in [2.24, 2.45) is 0 Å². The van der Waals surface area contributed by atoms with E-state index < -0.39 is 29.6 Å². The summed E-state index contributed by atoms with van der Waals surface area (Å²) in [6.07, 6.45) is -4.79. The van der Waals surface area contributed by atoms with E-state index in [9.17, 15) is 22.4 Å². The van der Waals surface area contributed by atoms with Gasteiger partial charge >= 0.3 is 12.1 Å². The lowest BCUT2D eigenvalue weighted by molar-refractivity contribution is -0.159. The largest absolute Gasteiger partial charge is 0.471 e. The molecule has 0 fully saturated rings. The van der Waals surface area contributed by atoms with Crippen molar-refractivity contribution in [1.29, 1.82) is 0 Å². The third-order valence-electron chi connectivity index (χ3n) is 3.55. The molecule has 0 radical (unpaired) electrons. The van der Waals surface area contributed by atoms with Crippen molar-refractivity contribution in [3.63, 3.8) is 0 Å². The quantitative estimate of drug-likeness (QED) is 0.724. The Labute approximate surface area is 146 Å². The van der Waals surface area contributed by atoms with Crippen LogP contribution in [-0.2, 0) is 10.9 Å². The lowest BCUT2D eigenvalue weighted by Crippen LogP contribution is -2.39. The first-order valence-electron chi connectivity index (χ1n) is 7.66. The standard InChI is InChI=1S/C16H17F4N3O3/c1-9(2)23(6-7-25-3)14(24)11-5-4-10(8-12(11)17)13-21-15(26-22-13)16(18,19)20/h4-5,8-9H,6-7H2,1-3H3. The molecule has 0 aliphatic heterocycles. The molecule has 142 valence electrons. The minimum Gasteiger partial charge on any atom is -0.383 e. The number of ether oxygens (including phenoxy) is 1. The first-order chi connectivity index (χ1) is 12.1. The van der Waals surface area contributed by atoms with E-state index in [1.54, 1.807) is 13.8 Å². The zero-order valence-corrected chi connectivity index (χ0v) is 14.3. The number of carbonyl (C=O) groups excluding carboxylic acids is 1. The van der Waals surface area contributed by atoms with Crippen molar-refractivity contribution in [2.75, 3.05) is 20.3 Å². The fourth-order valence-electron chi connectivity index (χ4n) is 2.22. The van der Waals surface area contributed by atoms with Gasteiger partial charge in [0.25, 0.3) is 5.91 Å². The molecular weight excluding hydrogens is 358 g/mol. The number of carbonyl (C=O) groups is 1. The van der Waals surface area contributed by atoms with Crippen LogP contribution in [0.4, 0.5) is 17.6 Å². The van der Waals surface area contributed by atoms with E-state index in [4.69, 9.17) is 4.74 Å². The van der Waals surface area contributed by atoms with Gasteiger partial charge in [0.05, 0.1) is 12.2 Å². The molecule has 0 aliphatic rings. The number of nitrogens with zero attached hydrogens (tertiary/aromatic N) is 3. The molecule has 0 spiro atoms. The zero-order chi connectivity index (χ0) is 19.5. The third kappa shape index (κ3) is 4.37. The molecule has 0 saturated heterocycles. The third-order valence-corrected chi connectivity index (χ3v) is 3.55. The number of amides is 1. The summed E-state index contributed by atoms with van der Waals surface area (Å²) in [6, 6.07) is 3.14. The van der Waals surface area contributed by atoms with Crippen molar-refractivity contribution in [2.45, 2.75) is 26.1 Å². The molecule has 10 heteroatoms. The fraction of sp³-hybridized carbons (Fsp3) is 0.438. The van der Waals surface area contributed by atoms with Crippen LogP contribution in [0.15, 0.2) is 22.7 Å². The van der Waals surface area contributed by atoms with Crippen LogP contribution in [0.25, 0.3) is 11.4 Å². The van der Waals surface area contributed by atoms with Crippen LogP contribution in [0, 0.1) is 5.82 Å². The van der Waals surface area contributed by atoms with E-state index >= 15 is 0 Å². The minimum atomic E-state index is -4.79. The Morgan fingerprint density at radius 3 is 2.54 bits per heavy atom. The second-order valence-electron chi connectivity index (χ2n) is 5.70. The minimum absolute atomic E-state index is 0.0358. The molecule has 0 atom stereocenters. The maximum atomic E-state index is 14.4. The average molecular weight is 375 g/mol. The number of benzene rings is 1. The number of hydrogen-bond acceptors (Lipinski definition) is 5. The van der Waals surface area contributed by atoms with Crippen LogP contribution >= 0.6 is 0 Å². The first kappa shape index (κ1) is 19.8. The van der Waals surface area contributed by atoms with Gasteiger partial charge in [-0.1, -0.05) is 11.2 Å². The van der Waals surface area contributed by atoms with E-state index in [0.29, 0.717) is 0 Å². The Kier molecular flexibility index (Phi) is 5.96. The number of aromatic nitrogens is 2. The number of hydrogen-bond donors (Lipinski definition) is 0. The van der Waals surface area contributed by atoms with Crippen molar-refractivity contribution < 1.29 is 31.6 Å². The summed E-state index contributed by atoms with van der Waals surface area (Å²) in [5, 5.41) is 3.19. The Bertz CT molecular complexity index is 774. The Morgan fingerprint density at radius 2 is 2.04 bits per heavy atom. The van der Waals surface area contributed by atoms with Crippen LogP contribution in [0.1, 0.15) is 30.1 Å². The van der Waals surface area contributed by atoms with Gasteiger partial charge in [0.1, 0.15) is 5.82 Å². The number of halogens is 4. The van der Waals surface area contributed by atoms with E-state index in [1.807, 2.05) is 0 Å². The van der Waals surface area contributed by atoms with Crippen LogP contribution < -0.4 is 0 Å². The maximum Gasteiger partial charge on any atom is 0.471 e. The second kappa shape index (κ2) is 7.81. The molecule has 0 unspecified atom stereocenters. The molecule has 0 saturated carbocycles. The SMILES string of the molecule is COCCN(C(=O)c1ccc(-c2noc(C(F)(F)F)n2)cc1F)C(C)C. The molecule has 0 bridgehead atoms. The van der Waals surface area contributed by atoms with Gasteiger partial charge in [-0.05, 0) is 26.0 Å². The molecule has 6 nitrogen and oxygen atoms in total. The van der Waals surface area contributed by atoms with E-state index in [1.165, 1.54) is 24.1 Å². The number of alkyl halides is 3. The predicted molar refractivity (Wildman–Crippen MR) is 82.7 cm³/mol. The summed E-state index contributed by atoms with van der Waals surface area (Å²) < 4.78 is 60.9. The van der Waals surface area contributed by atoms with Crippen molar-refractivity contribution in [3.8, 4) is 11.4 Å². The van der Waals surface area contributed by atoms with Gasteiger partial charge in [0.15, 0.2) is 0 Å². The van der Waals surface area contributed by atoms with Gasteiger partial charge in [-0.3, -0.25) is 4.79 Å². The summed E-state index contributed by atoms with van der Waals surface area (Å²) in [7, 11) is 1.48. The van der Waals surface area contributed by atoms with Crippen LogP contribution in [0.5, 0.6) is 0 Å². The Balaban J connectivity index is 2.28.